The Morgan fingerprint density at radius 2 is 1.81 bits per heavy atom. The lowest BCUT2D eigenvalue weighted by molar-refractivity contribution is 0.0932. The zero-order valence-electron chi connectivity index (χ0n) is 14.7. The first kappa shape index (κ1) is 17.2. The van der Waals surface area contributed by atoms with Gasteiger partial charge >= 0.3 is 0 Å². The molecule has 0 spiro atoms. The molecule has 1 unspecified atom stereocenters. The smallest absolute Gasteiger partial charge is 0.255 e. The van der Waals surface area contributed by atoms with Gasteiger partial charge in [-0.15, -0.1) is 0 Å². The third kappa shape index (κ3) is 3.53. The molecule has 1 aromatic heterocycles. The van der Waals surface area contributed by atoms with Gasteiger partial charge in [0.2, 0.25) is 0 Å². The Kier molecular flexibility index (Phi) is 4.59. The van der Waals surface area contributed by atoms with E-state index in [1.165, 1.54) is 52.7 Å². The standard InChI is InChI=1S/C22H19FN2O2/c23-17-9-11-18(12-10-17)25-14-16(8-13-21(25)26)22(27)24-20-7-3-5-15-4-1-2-6-19(15)20/h1-2,4,6,8-14,20H,3,5,7H2,(H,24,27). The van der Waals surface area contributed by atoms with Crippen molar-refractivity contribution in [1.29, 1.82) is 0 Å². The highest BCUT2D eigenvalue weighted by molar-refractivity contribution is 5.94. The highest BCUT2D eigenvalue weighted by atomic mass is 19.1. The fraction of sp³-hybridized carbons (Fsp3) is 0.182. The summed E-state index contributed by atoms with van der Waals surface area (Å²) in [5.74, 6) is -0.607. The molecule has 4 rings (SSSR count). The van der Waals surface area contributed by atoms with Crippen LogP contribution in [0.3, 0.4) is 0 Å². The summed E-state index contributed by atoms with van der Waals surface area (Å²) in [6, 6.07) is 16.6. The predicted octanol–water partition coefficient (Wildman–Crippen LogP) is 3.78. The number of fused-ring (bicyclic) bond motifs is 1. The molecule has 0 fully saturated rings. The normalized spacial score (nSPS) is 15.8. The number of aromatic nitrogens is 1. The second-order valence-corrected chi connectivity index (χ2v) is 6.72. The summed E-state index contributed by atoms with van der Waals surface area (Å²) < 4.78 is 14.5. The van der Waals surface area contributed by atoms with Crippen molar-refractivity contribution < 1.29 is 9.18 Å². The molecule has 1 aliphatic rings. The van der Waals surface area contributed by atoms with Crippen molar-refractivity contribution in [3.8, 4) is 5.69 Å². The van der Waals surface area contributed by atoms with Crippen molar-refractivity contribution >= 4 is 5.91 Å². The zero-order valence-corrected chi connectivity index (χ0v) is 14.7. The predicted molar refractivity (Wildman–Crippen MR) is 102 cm³/mol. The molecule has 27 heavy (non-hydrogen) atoms. The van der Waals surface area contributed by atoms with E-state index in [1.54, 1.807) is 0 Å². The van der Waals surface area contributed by atoms with Crippen LogP contribution in [0.5, 0.6) is 0 Å². The van der Waals surface area contributed by atoms with Crippen LogP contribution in [0.4, 0.5) is 4.39 Å². The zero-order chi connectivity index (χ0) is 18.8. The average Bonchev–Trinajstić information content (AvgIpc) is 2.69. The monoisotopic (exact) mass is 362 g/mol. The van der Waals surface area contributed by atoms with Crippen LogP contribution in [0, 0.1) is 5.82 Å². The Labute approximate surface area is 156 Å². The highest BCUT2D eigenvalue weighted by Crippen LogP contribution is 2.29. The lowest BCUT2D eigenvalue weighted by atomic mass is 9.87. The molecule has 136 valence electrons. The summed E-state index contributed by atoms with van der Waals surface area (Å²) >= 11 is 0. The summed E-state index contributed by atoms with van der Waals surface area (Å²) in [6.07, 6.45) is 4.44. The van der Waals surface area contributed by atoms with E-state index in [9.17, 15) is 14.0 Å². The molecule has 1 aliphatic carbocycles. The lowest BCUT2D eigenvalue weighted by Crippen LogP contribution is -2.32. The SMILES string of the molecule is O=C(NC1CCCc2ccccc21)c1ccc(=O)n(-c2ccc(F)cc2)c1. The van der Waals surface area contributed by atoms with Crippen LogP contribution in [0.1, 0.15) is 40.4 Å². The number of carbonyl (C=O) groups is 1. The van der Waals surface area contributed by atoms with Crippen LogP contribution < -0.4 is 10.9 Å². The number of benzene rings is 2. The van der Waals surface area contributed by atoms with E-state index in [-0.39, 0.29) is 23.3 Å². The van der Waals surface area contributed by atoms with E-state index >= 15 is 0 Å². The third-order valence-electron chi connectivity index (χ3n) is 4.95. The first-order valence-corrected chi connectivity index (χ1v) is 8.99. The van der Waals surface area contributed by atoms with E-state index in [4.69, 9.17) is 0 Å². The van der Waals surface area contributed by atoms with Gasteiger partial charge in [-0.05, 0) is 60.7 Å². The fourth-order valence-corrected chi connectivity index (χ4v) is 3.57. The Morgan fingerprint density at radius 3 is 2.63 bits per heavy atom. The molecule has 0 saturated carbocycles. The lowest BCUT2D eigenvalue weighted by Gasteiger charge is -2.26. The third-order valence-corrected chi connectivity index (χ3v) is 4.95. The van der Waals surface area contributed by atoms with Gasteiger partial charge in [-0.2, -0.15) is 0 Å². The quantitative estimate of drug-likeness (QED) is 0.771. The van der Waals surface area contributed by atoms with E-state index in [0.29, 0.717) is 11.3 Å². The van der Waals surface area contributed by atoms with E-state index in [2.05, 4.69) is 17.4 Å². The number of nitrogens with zero attached hydrogens (tertiary/aromatic N) is 1. The minimum atomic E-state index is -0.378. The average molecular weight is 362 g/mol. The van der Waals surface area contributed by atoms with Crippen molar-refractivity contribution in [3.63, 3.8) is 0 Å². The van der Waals surface area contributed by atoms with E-state index in [0.717, 1.165) is 24.8 Å². The molecule has 1 heterocycles. The van der Waals surface area contributed by atoms with Crippen molar-refractivity contribution in [2.24, 2.45) is 0 Å². The second kappa shape index (κ2) is 7.19. The van der Waals surface area contributed by atoms with Crippen LogP contribution in [-0.2, 0) is 6.42 Å². The van der Waals surface area contributed by atoms with E-state index < -0.39 is 0 Å². The molecule has 2 aromatic carbocycles. The van der Waals surface area contributed by atoms with Gasteiger partial charge in [0.05, 0.1) is 11.6 Å². The summed E-state index contributed by atoms with van der Waals surface area (Å²) in [6.45, 7) is 0. The Balaban J connectivity index is 1.61. The van der Waals surface area contributed by atoms with Gasteiger partial charge in [0.1, 0.15) is 5.82 Å². The Morgan fingerprint density at radius 1 is 1.04 bits per heavy atom. The molecule has 1 N–H and O–H groups in total. The molecule has 3 aromatic rings. The molecular formula is C22H19FN2O2. The number of pyridine rings is 1. The number of halogens is 1. The number of rotatable bonds is 3. The number of aryl methyl sites for hydroxylation is 1. The first-order valence-electron chi connectivity index (χ1n) is 8.99. The molecule has 1 amide bonds. The van der Waals surface area contributed by atoms with Gasteiger partial charge in [-0.25, -0.2) is 4.39 Å². The molecule has 1 atom stereocenters. The van der Waals surface area contributed by atoms with Crippen molar-refractivity contribution in [1.82, 2.24) is 9.88 Å². The number of hydrogen-bond acceptors (Lipinski definition) is 2. The van der Waals surface area contributed by atoms with Gasteiger partial charge in [-0.1, -0.05) is 24.3 Å². The summed E-state index contributed by atoms with van der Waals surface area (Å²) in [7, 11) is 0. The number of nitrogens with one attached hydrogen (secondary N) is 1. The van der Waals surface area contributed by atoms with Crippen LogP contribution >= 0.6 is 0 Å². The molecule has 5 heteroatoms. The van der Waals surface area contributed by atoms with Crippen LogP contribution in [-0.4, -0.2) is 10.5 Å². The van der Waals surface area contributed by atoms with Gasteiger partial charge in [0.25, 0.3) is 11.5 Å². The molecular weight excluding hydrogens is 343 g/mol. The van der Waals surface area contributed by atoms with Crippen LogP contribution in [0.2, 0.25) is 0 Å². The van der Waals surface area contributed by atoms with E-state index in [1.807, 2.05) is 12.1 Å². The summed E-state index contributed by atoms with van der Waals surface area (Å²) in [5.41, 5.74) is 3.05. The van der Waals surface area contributed by atoms with Crippen molar-refractivity contribution in [2.45, 2.75) is 25.3 Å². The molecule has 0 bridgehead atoms. The molecule has 0 saturated heterocycles. The van der Waals surface area contributed by atoms with Crippen LogP contribution in [0.25, 0.3) is 5.69 Å². The van der Waals surface area contributed by atoms with Gasteiger partial charge in [0, 0.05) is 18.0 Å². The number of carbonyl (C=O) groups excluding carboxylic acids is 1. The van der Waals surface area contributed by atoms with Crippen molar-refractivity contribution in [2.75, 3.05) is 0 Å². The highest BCUT2D eigenvalue weighted by Gasteiger charge is 2.22. The van der Waals surface area contributed by atoms with Crippen LogP contribution in [0.15, 0.2) is 71.7 Å². The van der Waals surface area contributed by atoms with Gasteiger partial charge < -0.3 is 5.32 Å². The fourth-order valence-electron chi connectivity index (χ4n) is 3.57. The molecule has 0 radical (unpaired) electrons. The maximum atomic E-state index is 13.1. The number of hydrogen-bond donors (Lipinski definition) is 1. The van der Waals surface area contributed by atoms with Crippen molar-refractivity contribution in [3.05, 3.63) is 99.7 Å². The minimum absolute atomic E-state index is 0.0337. The number of amides is 1. The Hall–Kier alpha value is -3.21. The van der Waals surface area contributed by atoms with Gasteiger partial charge in [-0.3, -0.25) is 14.2 Å². The summed E-state index contributed by atoms with van der Waals surface area (Å²) in [5, 5.41) is 3.08. The molecule has 0 aliphatic heterocycles. The van der Waals surface area contributed by atoms with Gasteiger partial charge in [0.15, 0.2) is 0 Å². The topological polar surface area (TPSA) is 51.1 Å². The largest absolute Gasteiger partial charge is 0.345 e. The first-order chi connectivity index (χ1) is 13.1. The maximum absolute atomic E-state index is 13.1. The minimum Gasteiger partial charge on any atom is -0.345 e. The molecule has 4 nitrogen and oxygen atoms in total. The second-order valence-electron chi connectivity index (χ2n) is 6.72. The Bertz CT molecular complexity index is 1040. The maximum Gasteiger partial charge on any atom is 0.255 e. The summed E-state index contributed by atoms with van der Waals surface area (Å²) in [4.78, 5) is 25.0.